The van der Waals surface area contributed by atoms with Crippen molar-refractivity contribution in [1.82, 2.24) is 5.16 Å². The van der Waals surface area contributed by atoms with Crippen LogP contribution < -0.4 is 5.73 Å². The summed E-state index contributed by atoms with van der Waals surface area (Å²) in [6.45, 7) is 0.557. The first-order chi connectivity index (χ1) is 8.38. The van der Waals surface area contributed by atoms with Crippen LogP contribution in [0.2, 0.25) is 0 Å². The average Bonchev–Trinajstić information content (AvgIpc) is 2.82. The lowest BCUT2D eigenvalue weighted by Gasteiger charge is -2.18. The molecular formula is C14H18N2O. The Kier molecular flexibility index (Phi) is 2.85. The van der Waals surface area contributed by atoms with Crippen LogP contribution in [0.1, 0.15) is 49.3 Å². The molecule has 2 N–H and O–H groups in total. The third-order valence-electron chi connectivity index (χ3n) is 3.78. The molecular weight excluding hydrogens is 212 g/mol. The Hall–Kier alpha value is -1.35. The number of nitrogens with two attached hydrogens (primary N) is 1. The van der Waals surface area contributed by atoms with Gasteiger partial charge in [-0.05, 0) is 30.5 Å². The third kappa shape index (κ3) is 1.95. The van der Waals surface area contributed by atoms with Crippen molar-refractivity contribution in [2.24, 2.45) is 5.73 Å². The number of hydrogen-bond acceptors (Lipinski definition) is 3. The number of benzene rings is 1. The summed E-state index contributed by atoms with van der Waals surface area (Å²) in [5.41, 5.74) is 7.70. The molecule has 1 heterocycles. The van der Waals surface area contributed by atoms with Gasteiger partial charge in [0.1, 0.15) is 11.3 Å². The van der Waals surface area contributed by atoms with Gasteiger partial charge < -0.3 is 10.3 Å². The highest BCUT2D eigenvalue weighted by Crippen LogP contribution is 2.36. The first kappa shape index (κ1) is 10.8. The highest BCUT2D eigenvalue weighted by Gasteiger charge is 2.21. The Morgan fingerprint density at radius 3 is 2.82 bits per heavy atom. The van der Waals surface area contributed by atoms with Gasteiger partial charge in [0.15, 0.2) is 0 Å². The first-order valence-corrected chi connectivity index (χ1v) is 6.47. The zero-order valence-electron chi connectivity index (χ0n) is 9.98. The van der Waals surface area contributed by atoms with Gasteiger partial charge in [0.2, 0.25) is 0 Å². The van der Waals surface area contributed by atoms with Gasteiger partial charge in [-0.2, -0.15) is 0 Å². The molecule has 1 saturated carbocycles. The normalized spacial score (nSPS) is 17.7. The van der Waals surface area contributed by atoms with Crippen LogP contribution in [0.25, 0.3) is 10.9 Å². The van der Waals surface area contributed by atoms with E-state index in [-0.39, 0.29) is 0 Å². The van der Waals surface area contributed by atoms with Crippen molar-refractivity contribution in [2.75, 3.05) is 0 Å². The summed E-state index contributed by atoms with van der Waals surface area (Å²) in [4.78, 5) is 0. The fraction of sp³-hybridized carbons (Fsp3) is 0.500. The highest BCUT2D eigenvalue weighted by molar-refractivity contribution is 5.81. The van der Waals surface area contributed by atoms with E-state index < -0.39 is 0 Å². The van der Waals surface area contributed by atoms with Crippen LogP contribution in [0, 0.1) is 0 Å². The van der Waals surface area contributed by atoms with E-state index in [4.69, 9.17) is 10.3 Å². The van der Waals surface area contributed by atoms with Crippen LogP contribution >= 0.6 is 0 Å². The van der Waals surface area contributed by atoms with Crippen LogP contribution in [0.3, 0.4) is 0 Å². The molecule has 1 fully saturated rings. The molecule has 0 aliphatic heterocycles. The lowest BCUT2D eigenvalue weighted by atomic mass is 9.86. The fourth-order valence-corrected chi connectivity index (χ4v) is 2.79. The van der Waals surface area contributed by atoms with E-state index in [0.717, 1.165) is 16.8 Å². The van der Waals surface area contributed by atoms with Crippen molar-refractivity contribution < 1.29 is 4.52 Å². The minimum atomic E-state index is 0.557. The van der Waals surface area contributed by atoms with Crippen LogP contribution in [0.15, 0.2) is 22.7 Å². The molecule has 0 unspecified atom stereocenters. The molecule has 1 aromatic heterocycles. The van der Waals surface area contributed by atoms with Crippen molar-refractivity contribution in [2.45, 2.75) is 44.6 Å². The highest BCUT2D eigenvalue weighted by atomic mass is 16.5. The SMILES string of the molecule is NCc1ccc2c(C3CCCCC3)onc2c1. The van der Waals surface area contributed by atoms with Gasteiger partial charge in [0.05, 0.1) is 0 Å². The second-order valence-electron chi connectivity index (χ2n) is 4.94. The summed E-state index contributed by atoms with van der Waals surface area (Å²) in [5.74, 6) is 1.65. The van der Waals surface area contributed by atoms with E-state index in [2.05, 4.69) is 17.3 Å². The first-order valence-electron chi connectivity index (χ1n) is 6.47. The number of rotatable bonds is 2. The molecule has 3 heteroatoms. The van der Waals surface area contributed by atoms with Gasteiger partial charge >= 0.3 is 0 Å². The van der Waals surface area contributed by atoms with Gasteiger partial charge in [-0.1, -0.05) is 30.5 Å². The molecule has 0 bridgehead atoms. The molecule has 0 saturated heterocycles. The number of hydrogen-bond donors (Lipinski definition) is 1. The van der Waals surface area contributed by atoms with Crippen molar-refractivity contribution in [3.63, 3.8) is 0 Å². The predicted octanol–water partition coefficient (Wildman–Crippen LogP) is 3.33. The van der Waals surface area contributed by atoms with Gasteiger partial charge in [0, 0.05) is 17.8 Å². The van der Waals surface area contributed by atoms with Crippen LogP contribution in [0.5, 0.6) is 0 Å². The second kappa shape index (κ2) is 4.49. The quantitative estimate of drug-likeness (QED) is 0.860. The third-order valence-corrected chi connectivity index (χ3v) is 3.78. The van der Waals surface area contributed by atoms with Crippen molar-refractivity contribution in [3.05, 3.63) is 29.5 Å². The Balaban J connectivity index is 1.99. The van der Waals surface area contributed by atoms with E-state index in [0.29, 0.717) is 12.5 Å². The Bertz CT molecular complexity index is 512. The van der Waals surface area contributed by atoms with E-state index in [1.165, 1.54) is 37.5 Å². The van der Waals surface area contributed by atoms with E-state index in [9.17, 15) is 0 Å². The van der Waals surface area contributed by atoms with Gasteiger partial charge in [-0.25, -0.2) is 0 Å². The number of nitrogens with zero attached hydrogens (tertiary/aromatic N) is 1. The molecule has 1 aromatic carbocycles. The maximum Gasteiger partial charge on any atom is 0.147 e. The summed E-state index contributed by atoms with van der Waals surface area (Å²) in [5, 5.41) is 5.35. The maximum absolute atomic E-state index is 5.63. The summed E-state index contributed by atoms with van der Waals surface area (Å²) >= 11 is 0. The largest absolute Gasteiger partial charge is 0.360 e. The number of fused-ring (bicyclic) bond motifs is 1. The second-order valence-corrected chi connectivity index (χ2v) is 4.94. The molecule has 2 aromatic rings. The standard InChI is InChI=1S/C14H18N2O/c15-9-10-6-7-12-13(8-10)16-17-14(12)11-4-2-1-3-5-11/h6-8,11H,1-5,9,15H2. The summed E-state index contributed by atoms with van der Waals surface area (Å²) < 4.78 is 5.56. The molecule has 17 heavy (non-hydrogen) atoms. The van der Waals surface area contributed by atoms with E-state index >= 15 is 0 Å². The Morgan fingerprint density at radius 2 is 2.06 bits per heavy atom. The summed E-state index contributed by atoms with van der Waals surface area (Å²) in [7, 11) is 0. The average molecular weight is 230 g/mol. The van der Waals surface area contributed by atoms with E-state index in [1.54, 1.807) is 0 Å². The molecule has 0 atom stereocenters. The minimum absolute atomic E-state index is 0.557. The fourth-order valence-electron chi connectivity index (χ4n) is 2.79. The molecule has 3 rings (SSSR count). The zero-order valence-corrected chi connectivity index (χ0v) is 9.98. The number of aromatic nitrogens is 1. The van der Waals surface area contributed by atoms with Gasteiger partial charge in [-0.3, -0.25) is 0 Å². The van der Waals surface area contributed by atoms with Crippen molar-refractivity contribution in [3.8, 4) is 0 Å². The van der Waals surface area contributed by atoms with Crippen LogP contribution in [-0.2, 0) is 6.54 Å². The topological polar surface area (TPSA) is 52.0 Å². The van der Waals surface area contributed by atoms with E-state index in [1.807, 2.05) is 6.07 Å². The van der Waals surface area contributed by atoms with Crippen LogP contribution in [0.4, 0.5) is 0 Å². The monoisotopic (exact) mass is 230 g/mol. The van der Waals surface area contributed by atoms with Crippen LogP contribution in [-0.4, -0.2) is 5.16 Å². The Morgan fingerprint density at radius 1 is 1.24 bits per heavy atom. The van der Waals surface area contributed by atoms with Crippen molar-refractivity contribution >= 4 is 10.9 Å². The minimum Gasteiger partial charge on any atom is -0.360 e. The molecule has 0 radical (unpaired) electrons. The molecule has 0 spiro atoms. The van der Waals surface area contributed by atoms with Crippen molar-refractivity contribution in [1.29, 1.82) is 0 Å². The predicted molar refractivity (Wildman–Crippen MR) is 67.7 cm³/mol. The summed E-state index contributed by atoms with van der Waals surface area (Å²) in [6, 6.07) is 6.22. The smallest absolute Gasteiger partial charge is 0.147 e. The van der Waals surface area contributed by atoms with Gasteiger partial charge in [-0.15, -0.1) is 0 Å². The Labute approximate surface area is 101 Å². The molecule has 1 aliphatic rings. The summed E-state index contributed by atoms with van der Waals surface area (Å²) in [6.07, 6.45) is 6.47. The van der Waals surface area contributed by atoms with Gasteiger partial charge in [0.25, 0.3) is 0 Å². The molecule has 1 aliphatic carbocycles. The lowest BCUT2D eigenvalue weighted by Crippen LogP contribution is -2.03. The maximum atomic E-state index is 5.63. The lowest BCUT2D eigenvalue weighted by molar-refractivity contribution is 0.326. The zero-order chi connectivity index (χ0) is 11.7. The molecule has 0 amide bonds. The molecule has 3 nitrogen and oxygen atoms in total. The molecule has 90 valence electrons.